The summed E-state index contributed by atoms with van der Waals surface area (Å²) in [5, 5.41) is 6.91. The number of nitrogens with zero attached hydrogens (tertiary/aromatic N) is 3. The highest BCUT2D eigenvalue weighted by molar-refractivity contribution is 5.95. The number of esters is 1. The van der Waals surface area contributed by atoms with Crippen LogP contribution in [0, 0.1) is 0 Å². The molecule has 2 heterocycles. The van der Waals surface area contributed by atoms with Crippen LogP contribution in [0.2, 0.25) is 0 Å². The molecule has 8 heteroatoms. The molecule has 1 amide bonds. The molecule has 4 rings (SSSR count). The van der Waals surface area contributed by atoms with Crippen LogP contribution in [0.15, 0.2) is 67.0 Å². The van der Waals surface area contributed by atoms with Gasteiger partial charge in [0.1, 0.15) is 0 Å². The van der Waals surface area contributed by atoms with E-state index < -0.39 is 5.97 Å². The second-order valence-electron chi connectivity index (χ2n) is 7.61. The number of carbonyl (C=O) groups is 2. The van der Waals surface area contributed by atoms with Gasteiger partial charge < -0.3 is 14.8 Å². The first kappa shape index (κ1) is 21.7. The lowest BCUT2D eigenvalue weighted by atomic mass is 10.1. The molecule has 2 aromatic carbocycles. The Labute approximate surface area is 186 Å². The van der Waals surface area contributed by atoms with Crippen molar-refractivity contribution in [3.05, 3.63) is 83.7 Å². The maximum Gasteiger partial charge on any atom is 0.338 e. The van der Waals surface area contributed by atoms with Crippen LogP contribution in [0.1, 0.15) is 21.5 Å². The van der Waals surface area contributed by atoms with E-state index in [-0.39, 0.29) is 12.5 Å². The zero-order valence-corrected chi connectivity index (χ0v) is 17.8. The van der Waals surface area contributed by atoms with Gasteiger partial charge in [-0.1, -0.05) is 24.3 Å². The van der Waals surface area contributed by atoms with Crippen molar-refractivity contribution in [2.24, 2.45) is 0 Å². The summed E-state index contributed by atoms with van der Waals surface area (Å²) in [5.74, 6) is -0.916. The normalized spacial score (nSPS) is 14.1. The monoisotopic (exact) mass is 434 g/mol. The average Bonchev–Trinajstić information content (AvgIpc) is 3.33. The third kappa shape index (κ3) is 6.26. The molecule has 166 valence electrons. The van der Waals surface area contributed by atoms with Crippen LogP contribution in [0.25, 0.3) is 0 Å². The molecule has 1 aliphatic heterocycles. The summed E-state index contributed by atoms with van der Waals surface area (Å²) in [5.41, 5.74) is 3.25. The van der Waals surface area contributed by atoms with Gasteiger partial charge in [0.25, 0.3) is 5.91 Å². The van der Waals surface area contributed by atoms with Gasteiger partial charge in [-0.15, -0.1) is 0 Å². The number of hydrogen-bond donors (Lipinski definition) is 1. The minimum atomic E-state index is -0.536. The molecular formula is C24H26N4O4. The number of morpholine rings is 1. The molecule has 0 saturated carbocycles. The summed E-state index contributed by atoms with van der Waals surface area (Å²) in [6.45, 7) is 4.52. The number of amides is 1. The van der Waals surface area contributed by atoms with Gasteiger partial charge in [-0.2, -0.15) is 5.10 Å². The van der Waals surface area contributed by atoms with Crippen molar-refractivity contribution in [1.29, 1.82) is 0 Å². The SMILES string of the molecule is O=C(COC(=O)c1ccc(Cn2cccn2)cc1)Nc1ccc(CN2CCOCC2)cc1. The van der Waals surface area contributed by atoms with Gasteiger partial charge in [0.05, 0.1) is 25.3 Å². The summed E-state index contributed by atoms with van der Waals surface area (Å²) in [4.78, 5) is 26.7. The lowest BCUT2D eigenvalue weighted by Crippen LogP contribution is -2.35. The van der Waals surface area contributed by atoms with E-state index in [1.165, 1.54) is 5.56 Å². The Hall–Kier alpha value is -3.49. The van der Waals surface area contributed by atoms with Gasteiger partial charge in [-0.05, 0) is 41.5 Å². The molecule has 0 aliphatic carbocycles. The van der Waals surface area contributed by atoms with E-state index in [2.05, 4.69) is 15.3 Å². The van der Waals surface area contributed by atoms with Gasteiger partial charge in [-0.25, -0.2) is 4.79 Å². The number of carbonyl (C=O) groups excluding carboxylic acids is 2. The quantitative estimate of drug-likeness (QED) is 0.549. The number of nitrogens with one attached hydrogen (secondary N) is 1. The standard InChI is InChI=1S/C24H26N4O4/c29-23(26-22-8-4-19(5-9-22)16-27-12-14-31-15-13-27)18-32-24(30)21-6-2-20(3-7-21)17-28-11-1-10-25-28/h1-11H,12-18H2,(H,26,29). The Morgan fingerprint density at radius 2 is 1.66 bits per heavy atom. The van der Waals surface area contributed by atoms with Crippen molar-refractivity contribution in [3.8, 4) is 0 Å². The number of anilines is 1. The highest BCUT2D eigenvalue weighted by atomic mass is 16.5. The van der Waals surface area contributed by atoms with Crippen LogP contribution >= 0.6 is 0 Å². The zero-order valence-electron chi connectivity index (χ0n) is 17.8. The Morgan fingerprint density at radius 1 is 0.969 bits per heavy atom. The van der Waals surface area contributed by atoms with Crippen molar-refractivity contribution < 1.29 is 19.1 Å². The molecule has 0 atom stereocenters. The minimum absolute atomic E-state index is 0.344. The van der Waals surface area contributed by atoms with Crippen molar-refractivity contribution in [2.75, 3.05) is 38.2 Å². The molecule has 0 radical (unpaired) electrons. The van der Waals surface area contributed by atoms with E-state index in [9.17, 15) is 9.59 Å². The minimum Gasteiger partial charge on any atom is -0.452 e. The summed E-state index contributed by atoms with van der Waals surface area (Å²) in [6, 6.07) is 16.6. The number of benzene rings is 2. The molecule has 0 unspecified atom stereocenters. The molecule has 8 nitrogen and oxygen atoms in total. The van der Waals surface area contributed by atoms with Gasteiger partial charge in [-0.3, -0.25) is 14.4 Å². The predicted octanol–water partition coefficient (Wildman–Crippen LogP) is 2.56. The fraction of sp³-hybridized carbons (Fsp3) is 0.292. The van der Waals surface area contributed by atoms with Crippen molar-refractivity contribution in [1.82, 2.24) is 14.7 Å². The van der Waals surface area contributed by atoms with E-state index in [0.717, 1.165) is 38.4 Å². The molecule has 1 fully saturated rings. The average molecular weight is 434 g/mol. The van der Waals surface area contributed by atoms with Crippen molar-refractivity contribution in [2.45, 2.75) is 13.1 Å². The second kappa shape index (κ2) is 10.7. The lowest BCUT2D eigenvalue weighted by Gasteiger charge is -2.26. The first-order valence-electron chi connectivity index (χ1n) is 10.6. The molecule has 0 bridgehead atoms. The summed E-state index contributed by atoms with van der Waals surface area (Å²) >= 11 is 0. The van der Waals surface area contributed by atoms with Crippen LogP contribution in [0.5, 0.6) is 0 Å². The molecule has 1 N–H and O–H groups in total. The smallest absolute Gasteiger partial charge is 0.338 e. The Morgan fingerprint density at radius 3 is 2.34 bits per heavy atom. The van der Waals surface area contributed by atoms with Gasteiger partial charge in [0, 0.05) is 37.7 Å². The highest BCUT2D eigenvalue weighted by Gasteiger charge is 2.12. The summed E-state index contributed by atoms with van der Waals surface area (Å²) in [6.07, 6.45) is 3.59. The first-order chi connectivity index (χ1) is 15.7. The molecule has 0 spiro atoms. The third-order valence-electron chi connectivity index (χ3n) is 5.18. The Balaban J connectivity index is 1.21. The lowest BCUT2D eigenvalue weighted by molar-refractivity contribution is -0.119. The summed E-state index contributed by atoms with van der Waals surface area (Å²) < 4.78 is 12.3. The molecule has 32 heavy (non-hydrogen) atoms. The van der Waals surface area contributed by atoms with Gasteiger partial charge >= 0.3 is 5.97 Å². The zero-order chi connectivity index (χ0) is 22.2. The van der Waals surface area contributed by atoms with Gasteiger partial charge in [0.15, 0.2) is 6.61 Å². The molecule has 3 aromatic rings. The third-order valence-corrected chi connectivity index (χ3v) is 5.18. The van der Waals surface area contributed by atoms with E-state index in [1.54, 1.807) is 23.0 Å². The highest BCUT2D eigenvalue weighted by Crippen LogP contribution is 2.13. The van der Waals surface area contributed by atoms with E-state index in [1.807, 2.05) is 48.7 Å². The predicted molar refractivity (Wildman–Crippen MR) is 119 cm³/mol. The van der Waals surface area contributed by atoms with Crippen LogP contribution in [0.3, 0.4) is 0 Å². The second-order valence-corrected chi connectivity index (χ2v) is 7.61. The Kier molecular flexibility index (Phi) is 7.27. The number of rotatable bonds is 8. The number of aromatic nitrogens is 2. The number of ether oxygens (including phenoxy) is 2. The van der Waals surface area contributed by atoms with E-state index in [4.69, 9.17) is 9.47 Å². The summed E-state index contributed by atoms with van der Waals surface area (Å²) in [7, 11) is 0. The number of hydrogen-bond acceptors (Lipinski definition) is 6. The van der Waals surface area contributed by atoms with Gasteiger partial charge in [0.2, 0.25) is 0 Å². The largest absolute Gasteiger partial charge is 0.452 e. The van der Waals surface area contributed by atoms with E-state index >= 15 is 0 Å². The van der Waals surface area contributed by atoms with Crippen molar-refractivity contribution >= 4 is 17.6 Å². The molecule has 1 saturated heterocycles. The van der Waals surface area contributed by atoms with Crippen LogP contribution in [-0.4, -0.2) is 59.5 Å². The van der Waals surface area contributed by atoms with Crippen molar-refractivity contribution in [3.63, 3.8) is 0 Å². The fourth-order valence-electron chi connectivity index (χ4n) is 3.45. The van der Waals surface area contributed by atoms with Crippen LogP contribution < -0.4 is 5.32 Å². The maximum atomic E-state index is 12.2. The van der Waals surface area contributed by atoms with E-state index in [0.29, 0.717) is 17.8 Å². The molecule has 1 aliphatic rings. The molecule has 1 aromatic heterocycles. The Bertz CT molecular complexity index is 1010. The van der Waals surface area contributed by atoms with Crippen LogP contribution in [0.4, 0.5) is 5.69 Å². The fourth-order valence-corrected chi connectivity index (χ4v) is 3.45. The topological polar surface area (TPSA) is 85.7 Å². The molecular weight excluding hydrogens is 408 g/mol. The first-order valence-corrected chi connectivity index (χ1v) is 10.6. The van der Waals surface area contributed by atoms with Crippen LogP contribution in [-0.2, 0) is 27.4 Å². The maximum absolute atomic E-state index is 12.2.